The van der Waals surface area contributed by atoms with E-state index in [0.717, 1.165) is 14.7 Å². The predicted molar refractivity (Wildman–Crippen MR) is 65.7 cm³/mol. The molecule has 74 valence electrons. The highest BCUT2D eigenvalue weighted by Crippen LogP contribution is 2.31. The molecule has 0 saturated heterocycles. The molecule has 0 fully saturated rings. The minimum Gasteiger partial charge on any atom is -0.506 e. The van der Waals surface area contributed by atoms with Gasteiger partial charge in [-0.2, -0.15) is 0 Å². The van der Waals surface area contributed by atoms with Crippen molar-refractivity contribution < 1.29 is 5.11 Å². The molecule has 0 aliphatic carbocycles. The first-order valence-electron chi connectivity index (χ1n) is 3.44. The monoisotopic (exact) mass is 333 g/mol. The van der Waals surface area contributed by atoms with Crippen molar-refractivity contribution in [1.82, 2.24) is 0 Å². The van der Waals surface area contributed by atoms with Crippen molar-refractivity contribution in [2.45, 2.75) is 13.5 Å². The molecule has 1 aromatic rings. The molecule has 5 heteroatoms. The van der Waals surface area contributed by atoms with Gasteiger partial charge in [0.1, 0.15) is 5.75 Å². The van der Waals surface area contributed by atoms with Gasteiger partial charge in [-0.05, 0) is 41.1 Å². The number of benzene rings is 1. The minimum atomic E-state index is 0. The maximum Gasteiger partial charge on any atom is 0.133 e. The van der Waals surface area contributed by atoms with E-state index in [2.05, 4.69) is 0 Å². The Morgan fingerprint density at radius 1 is 1.62 bits per heavy atom. The zero-order valence-corrected chi connectivity index (χ0v) is 10.7. The summed E-state index contributed by atoms with van der Waals surface area (Å²) >= 11 is 7.92. The van der Waals surface area contributed by atoms with Crippen LogP contribution in [0.15, 0.2) is 6.07 Å². The first-order chi connectivity index (χ1) is 5.57. The van der Waals surface area contributed by atoms with E-state index >= 15 is 0 Å². The van der Waals surface area contributed by atoms with Gasteiger partial charge in [-0.25, -0.2) is 0 Å². The normalized spacial score (nSPS) is 9.54. The van der Waals surface area contributed by atoms with Crippen LogP contribution in [0.4, 0.5) is 0 Å². The summed E-state index contributed by atoms with van der Waals surface area (Å²) in [6.07, 6.45) is 0. The molecule has 0 amide bonds. The first-order valence-corrected chi connectivity index (χ1v) is 4.90. The smallest absolute Gasteiger partial charge is 0.133 e. The van der Waals surface area contributed by atoms with Gasteiger partial charge in [-0.3, -0.25) is 0 Å². The third-order valence-corrected chi connectivity index (χ3v) is 3.00. The summed E-state index contributed by atoms with van der Waals surface area (Å²) in [6.45, 7) is 2.16. The Balaban J connectivity index is 0.00000144. The molecule has 0 bridgehead atoms. The van der Waals surface area contributed by atoms with E-state index < -0.39 is 0 Å². The molecule has 2 nitrogen and oxygen atoms in total. The minimum absolute atomic E-state index is 0. The van der Waals surface area contributed by atoms with Crippen molar-refractivity contribution in [2.75, 3.05) is 0 Å². The van der Waals surface area contributed by atoms with E-state index in [1.807, 2.05) is 29.5 Å². The number of hydrogen-bond donors (Lipinski definition) is 2. The Hall–Kier alpha value is 0.290. The number of rotatable bonds is 1. The van der Waals surface area contributed by atoms with Gasteiger partial charge >= 0.3 is 0 Å². The SMILES string of the molecule is Cc1c(Cl)cc(I)c(O)c1CN.Cl. The second kappa shape index (κ2) is 5.24. The summed E-state index contributed by atoms with van der Waals surface area (Å²) in [5.74, 6) is 0.250. The standard InChI is InChI=1S/C8H9ClINO.ClH/c1-4-5(3-11)8(12)7(10)2-6(4)9;/h2,12H,3,11H2,1H3;1H. The van der Waals surface area contributed by atoms with Crippen molar-refractivity contribution >= 4 is 46.6 Å². The first kappa shape index (κ1) is 13.3. The third kappa shape index (κ3) is 2.62. The van der Waals surface area contributed by atoms with E-state index in [1.165, 1.54) is 0 Å². The van der Waals surface area contributed by atoms with E-state index in [9.17, 15) is 5.11 Å². The highest BCUT2D eigenvalue weighted by atomic mass is 127. The fourth-order valence-corrected chi connectivity index (χ4v) is 2.05. The van der Waals surface area contributed by atoms with Crippen molar-refractivity contribution in [1.29, 1.82) is 0 Å². The quantitative estimate of drug-likeness (QED) is 0.776. The molecule has 1 aromatic carbocycles. The van der Waals surface area contributed by atoms with Crippen molar-refractivity contribution in [3.05, 3.63) is 25.8 Å². The lowest BCUT2D eigenvalue weighted by Gasteiger charge is -2.09. The lowest BCUT2D eigenvalue weighted by atomic mass is 10.1. The number of aromatic hydroxyl groups is 1. The Labute approximate surface area is 102 Å². The van der Waals surface area contributed by atoms with Gasteiger partial charge in [0.05, 0.1) is 3.57 Å². The van der Waals surface area contributed by atoms with E-state index in [0.29, 0.717) is 11.6 Å². The summed E-state index contributed by atoms with van der Waals surface area (Å²) in [6, 6.07) is 1.73. The molecule has 0 radical (unpaired) electrons. The molecular formula is C8H10Cl2INO. The van der Waals surface area contributed by atoms with Gasteiger partial charge in [0, 0.05) is 17.1 Å². The molecule has 0 aliphatic rings. The maximum atomic E-state index is 9.56. The summed E-state index contributed by atoms with van der Waals surface area (Å²) in [7, 11) is 0. The Morgan fingerprint density at radius 3 is 2.62 bits per heavy atom. The Bertz CT molecular complexity index is 291. The van der Waals surface area contributed by atoms with E-state index in [4.69, 9.17) is 17.3 Å². The van der Waals surface area contributed by atoms with Crippen molar-refractivity contribution in [2.24, 2.45) is 5.73 Å². The molecule has 1 rings (SSSR count). The lowest BCUT2D eigenvalue weighted by Crippen LogP contribution is -2.01. The average Bonchev–Trinajstić information content (AvgIpc) is 2.02. The molecule has 0 aromatic heterocycles. The molecule has 0 saturated carbocycles. The fraction of sp³-hybridized carbons (Fsp3) is 0.250. The second-order valence-electron chi connectivity index (χ2n) is 2.50. The highest BCUT2D eigenvalue weighted by Gasteiger charge is 2.10. The zero-order chi connectivity index (χ0) is 9.30. The maximum absolute atomic E-state index is 9.56. The van der Waals surface area contributed by atoms with Gasteiger partial charge in [-0.1, -0.05) is 11.6 Å². The van der Waals surface area contributed by atoms with Crippen LogP contribution >= 0.6 is 46.6 Å². The van der Waals surface area contributed by atoms with Crippen LogP contribution in [0.2, 0.25) is 5.02 Å². The highest BCUT2D eigenvalue weighted by molar-refractivity contribution is 14.1. The van der Waals surface area contributed by atoms with Gasteiger partial charge in [-0.15, -0.1) is 12.4 Å². The number of nitrogens with two attached hydrogens (primary N) is 1. The number of phenolic OH excluding ortho intramolecular Hbond substituents is 1. The number of halogens is 3. The summed E-state index contributed by atoms with van der Waals surface area (Å²) < 4.78 is 0.739. The van der Waals surface area contributed by atoms with E-state index in [1.54, 1.807) is 6.07 Å². The topological polar surface area (TPSA) is 46.2 Å². The summed E-state index contributed by atoms with van der Waals surface area (Å²) in [4.78, 5) is 0. The van der Waals surface area contributed by atoms with Crippen LogP contribution < -0.4 is 5.73 Å². The molecule has 0 unspecified atom stereocenters. The largest absolute Gasteiger partial charge is 0.506 e. The van der Waals surface area contributed by atoms with Crippen molar-refractivity contribution in [3.63, 3.8) is 0 Å². The van der Waals surface area contributed by atoms with Crippen LogP contribution in [0.1, 0.15) is 11.1 Å². The average molecular weight is 334 g/mol. The van der Waals surface area contributed by atoms with Crippen LogP contribution in [0.5, 0.6) is 5.75 Å². The Kier molecular flexibility index (Phi) is 5.36. The number of hydrogen-bond acceptors (Lipinski definition) is 2. The van der Waals surface area contributed by atoms with Gasteiger partial charge < -0.3 is 10.8 Å². The summed E-state index contributed by atoms with van der Waals surface area (Å²) in [5, 5.41) is 10.2. The van der Waals surface area contributed by atoms with Crippen LogP contribution in [0, 0.1) is 10.5 Å². The molecule has 3 N–H and O–H groups in total. The fourth-order valence-electron chi connectivity index (χ4n) is 1.00. The van der Waals surface area contributed by atoms with Gasteiger partial charge in [0.15, 0.2) is 0 Å². The Morgan fingerprint density at radius 2 is 2.15 bits per heavy atom. The van der Waals surface area contributed by atoms with Crippen LogP contribution in [-0.2, 0) is 6.54 Å². The molecule has 13 heavy (non-hydrogen) atoms. The predicted octanol–water partition coefficient (Wildman–Crippen LogP) is 2.84. The molecule has 0 heterocycles. The molecule has 0 spiro atoms. The van der Waals surface area contributed by atoms with Gasteiger partial charge in [0.25, 0.3) is 0 Å². The van der Waals surface area contributed by atoms with E-state index in [-0.39, 0.29) is 18.2 Å². The summed E-state index contributed by atoms with van der Waals surface area (Å²) in [5.41, 5.74) is 7.05. The van der Waals surface area contributed by atoms with Crippen molar-refractivity contribution in [3.8, 4) is 5.75 Å². The zero-order valence-electron chi connectivity index (χ0n) is 6.97. The third-order valence-electron chi connectivity index (χ3n) is 1.78. The van der Waals surface area contributed by atoms with Gasteiger partial charge in [0.2, 0.25) is 0 Å². The number of phenols is 1. The molecule has 0 aliphatic heterocycles. The van der Waals surface area contributed by atoms with Crippen LogP contribution in [0.3, 0.4) is 0 Å². The van der Waals surface area contributed by atoms with Crippen LogP contribution in [-0.4, -0.2) is 5.11 Å². The van der Waals surface area contributed by atoms with Crippen LogP contribution in [0.25, 0.3) is 0 Å². The second-order valence-corrected chi connectivity index (χ2v) is 4.07. The lowest BCUT2D eigenvalue weighted by molar-refractivity contribution is 0.464. The molecule has 0 atom stereocenters. The molecular weight excluding hydrogens is 324 g/mol.